The van der Waals surface area contributed by atoms with E-state index in [1.807, 2.05) is 97.1 Å². The van der Waals surface area contributed by atoms with Gasteiger partial charge in [0.25, 0.3) is 5.91 Å². The number of halogens is 1. The molecule has 6 aromatic rings. The fourth-order valence-corrected chi connectivity index (χ4v) is 5.01. The number of benzene rings is 4. The van der Waals surface area contributed by atoms with E-state index in [4.69, 9.17) is 24.4 Å². The summed E-state index contributed by atoms with van der Waals surface area (Å²) < 4.78 is 1.67. The molecular formula is C33H25BClN5O. The molecule has 1 amide bonds. The lowest BCUT2D eigenvalue weighted by Crippen LogP contribution is -2.15. The molecule has 0 aliphatic carbocycles. The zero-order valence-electron chi connectivity index (χ0n) is 22.1. The van der Waals surface area contributed by atoms with Crippen molar-refractivity contribution in [2.45, 2.75) is 13.0 Å². The van der Waals surface area contributed by atoms with Crippen molar-refractivity contribution < 1.29 is 4.79 Å². The topological polar surface area (TPSA) is 71.3 Å². The van der Waals surface area contributed by atoms with E-state index in [0.29, 0.717) is 51.9 Å². The van der Waals surface area contributed by atoms with E-state index in [1.165, 1.54) is 0 Å². The first-order valence-electron chi connectivity index (χ1n) is 13.2. The fraction of sp³-hybridized carbons (Fsp3) is 0.0606. The Kier molecular flexibility index (Phi) is 7.52. The summed E-state index contributed by atoms with van der Waals surface area (Å²) in [4.78, 5) is 18.0. The molecule has 0 fully saturated rings. The molecular weight excluding hydrogens is 529 g/mol. The summed E-state index contributed by atoms with van der Waals surface area (Å²) in [7, 11) is 6.16. The summed E-state index contributed by atoms with van der Waals surface area (Å²) in [6.07, 6.45) is 2.26. The lowest BCUT2D eigenvalue weighted by atomic mass is 9.99. The average Bonchev–Trinajstić information content (AvgIpc) is 3.37. The SMILES string of the molecule is [B]c1cnn2c(NCc3cccc(NC(=O)c4ccccc4Cc4ccccc4)c3)cc(-c3ccccc3Cl)nc12. The normalized spacial score (nSPS) is 11.0. The first-order chi connectivity index (χ1) is 20.0. The highest BCUT2D eigenvalue weighted by Gasteiger charge is 2.14. The Bertz CT molecular complexity index is 1850. The van der Waals surface area contributed by atoms with Gasteiger partial charge in [0.2, 0.25) is 0 Å². The molecule has 0 bridgehead atoms. The zero-order valence-corrected chi connectivity index (χ0v) is 22.8. The molecule has 0 spiro atoms. The molecule has 198 valence electrons. The Labute approximate surface area is 244 Å². The summed E-state index contributed by atoms with van der Waals surface area (Å²) in [5.74, 6) is 0.569. The Morgan fingerprint density at radius 1 is 0.854 bits per heavy atom. The van der Waals surface area contributed by atoms with Gasteiger partial charge in [-0.3, -0.25) is 4.79 Å². The number of amides is 1. The number of carbonyl (C=O) groups is 1. The number of hydrogen-bond acceptors (Lipinski definition) is 4. The Morgan fingerprint density at radius 2 is 1.61 bits per heavy atom. The molecule has 4 aromatic carbocycles. The van der Waals surface area contributed by atoms with Crippen LogP contribution >= 0.6 is 11.6 Å². The van der Waals surface area contributed by atoms with Gasteiger partial charge in [-0.05, 0) is 52.8 Å². The molecule has 8 heteroatoms. The maximum absolute atomic E-state index is 13.3. The second-order valence-corrected chi connectivity index (χ2v) is 10.1. The average molecular weight is 554 g/mol. The van der Waals surface area contributed by atoms with E-state index in [1.54, 1.807) is 10.7 Å². The standard InChI is InChI=1S/C33H25BClN5O/c34-28-21-37-40-31(19-30(39-32(28)40)27-15-6-7-16-29(27)35)36-20-23-11-8-13-25(18-23)38-33(41)26-14-5-4-12-24(26)17-22-9-2-1-3-10-22/h1-16,18-19,21,36H,17,20H2,(H,38,41). The predicted octanol–water partition coefficient (Wildman–Crippen LogP) is 6.30. The Morgan fingerprint density at radius 3 is 2.46 bits per heavy atom. The van der Waals surface area contributed by atoms with E-state index < -0.39 is 0 Å². The molecule has 41 heavy (non-hydrogen) atoms. The largest absolute Gasteiger partial charge is 0.366 e. The van der Waals surface area contributed by atoms with E-state index in [-0.39, 0.29) is 5.91 Å². The smallest absolute Gasteiger partial charge is 0.255 e. The van der Waals surface area contributed by atoms with E-state index >= 15 is 0 Å². The number of aromatic nitrogens is 3. The summed E-state index contributed by atoms with van der Waals surface area (Å²) in [5, 5.41) is 11.5. The molecule has 0 aliphatic heterocycles. The molecule has 0 saturated heterocycles. The number of fused-ring (bicyclic) bond motifs is 1. The minimum atomic E-state index is -0.145. The summed E-state index contributed by atoms with van der Waals surface area (Å²) in [5.41, 5.74) is 6.98. The molecule has 2 N–H and O–H groups in total. The molecule has 2 heterocycles. The Balaban J connectivity index is 1.21. The second kappa shape index (κ2) is 11.7. The van der Waals surface area contributed by atoms with Crippen molar-refractivity contribution in [1.29, 1.82) is 0 Å². The first-order valence-corrected chi connectivity index (χ1v) is 13.6. The minimum Gasteiger partial charge on any atom is -0.366 e. The van der Waals surface area contributed by atoms with Crippen LogP contribution in [0.15, 0.2) is 115 Å². The molecule has 0 unspecified atom stereocenters. The van der Waals surface area contributed by atoms with E-state index in [0.717, 1.165) is 22.3 Å². The van der Waals surface area contributed by atoms with Crippen LogP contribution < -0.4 is 16.1 Å². The number of hydrogen-bond donors (Lipinski definition) is 2. The van der Waals surface area contributed by atoms with Crippen LogP contribution in [0.3, 0.4) is 0 Å². The second-order valence-electron chi connectivity index (χ2n) is 9.67. The molecule has 0 aliphatic rings. The third-order valence-corrected chi connectivity index (χ3v) is 7.14. The van der Waals surface area contributed by atoms with Gasteiger partial charge in [0, 0.05) is 40.6 Å². The zero-order chi connectivity index (χ0) is 28.2. The Hall–Kier alpha value is -4.88. The molecule has 6 rings (SSSR count). The van der Waals surface area contributed by atoms with Crippen LogP contribution in [0.25, 0.3) is 16.9 Å². The molecule has 2 aromatic heterocycles. The van der Waals surface area contributed by atoms with Crippen LogP contribution in [0.4, 0.5) is 11.5 Å². The molecule has 0 saturated carbocycles. The van der Waals surface area contributed by atoms with Crippen LogP contribution in [0.5, 0.6) is 0 Å². The minimum absolute atomic E-state index is 0.145. The number of rotatable bonds is 8. The van der Waals surface area contributed by atoms with E-state index in [2.05, 4.69) is 27.9 Å². The van der Waals surface area contributed by atoms with Gasteiger partial charge >= 0.3 is 0 Å². The van der Waals surface area contributed by atoms with Crippen molar-refractivity contribution in [2.75, 3.05) is 10.6 Å². The van der Waals surface area contributed by atoms with Gasteiger partial charge in [-0.15, -0.1) is 0 Å². The van der Waals surface area contributed by atoms with Crippen molar-refractivity contribution >= 4 is 48.0 Å². The van der Waals surface area contributed by atoms with Gasteiger partial charge in [0.1, 0.15) is 13.7 Å². The lowest BCUT2D eigenvalue weighted by Gasteiger charge is -2.13. The maximum atomic E-state index is 13.3. The lowest BCUT2D eigenvalue weighted by molar-refractivity contribution is 0.102. The third kappa shape index (κ3) is 5.86. The molecule has 0 atom stereocenters. The van der Waals surface area contributed by atoms with Crippen molar-refractivity contribution in [3.05, 3.63) is 143 Å². The van der Waals surface area contributed by atoms with Crippen LogP contribution in [0, 0.1) is 0 Å². The quantitative estimate of drug-likeness (QED) is 0.217. The van der Waals surface area contributed by atoms with Gasteiger partial charge in [-0.1, -0.05) is 90.5 Å². The van der Waals surface area contributed by atoms with Crippen LogP contribution in [0.1, 0.15) is 27.0 Å². The fourth-order valence-electron chi connectivity index (χ4n) is 4.77. The highest BCUT2D eigenvalue weighted by Crippen LogP contribution is 2.28. The maximum Gasteiger partial charge on any atom is 0.255 e. The van der Waals surface area contributed by atoms with Gasteiger partial charge in [0.05, 0.1) is 5.69 Å². The van der Waals surface area contributed by atoms with Crippen LogP contribution in [-0.4, -0.2) is 28.4 Å². The van der Waals surface area contributed by atoms with Crippen molar-refractivity contribution in [3.63, 3.8) is 0 Å². The van der Waals surface area contributed by atoms with Gasteiger partial charge < -0.3 is 10.6 Å². The number of anilines is 2. The predicted molar refractivity (Wildman–Crippen MR) is 166 cm³/mol. The van der Waals surface area contributed by atoms with Crippen molar-refractivity contribution in [2.24, 2.45) is 0 Å². The van der Waals surface area contributed by atoms with Crippen molar-refractivity contribution in [3.8, 4) is 11.3 Å². The highest BCUT2D eigenvalue weighted by atomic mass is 35.5. The summed E-state index contributed by atoms with van der Waals surface area (Å²) >= 11 is 6.45. The van der Waals surface area contributed by atoms with Crippen LogP contribution in [0.2, 0.25) is 5.02 Å². The first kappa shape index (κ1) is 26.4. The van der Waals surface area contributed by atoms with Crippen molar-refractivity contribution in [1.82, 2.24) is 14.6 Å². The van der Waals surface area contributed by atoms with Gasteiger partial charge in [-0.25, -0.2) is 4.98 Å². The number of carbonyl (C=O) groups excluding carboxylic acids is 1. The highest BCUT2D eigenvalue weighted by molar-refractivity contribution is 6.36. The van der Waals surface area contributed by atoms with Gasteiger partial charge in [-0.2, -0.15) is 9.61 Å². The monoisotopic (exact) mass is 553 g/mol. The summed E-state index contributed by atoms with van der Waals surface area (Å²) in [6, 6.07) is 35.0. The van der Waals surface area contributed by atoms with Gasteiger partial charge in [0.15, 0.2) is 5.65 Å². The third-order valence-electron chi connectivity index (χ3n) is 6.81. The molecule has 2 radical (unpaired) electrons. The summed E-state index contributed by atoms with van der Waals surface area (Å²) in [6.45, 7) is 0.481. The number of nitrogens with zero attached hydrogens (tertiary/aromatic N) is 3. The van der Waals surface area contributed by atoms with Crippen LogP contribution in [-0.2, 0) is 13.0 Å². The molecule has 6 nitrogen and oxygen atoms in total. The number of nitrogens with one attached hydrogen (secondary N) is 2. The van der Waals surface area contributed by atoms with E-state index in [9.17, 15) is 4.79 Å².